The van der Waals surface area contributed by atoms with E-state index in [4.69, 9.17) is 0 Å². The van der Waals surface area contributed by atoms with Gasteiger partial charge in [0.25, 0.3) is 0 Å². The molecule has 0 saturated heterocycles. The molecule has 74 valence electrons. The third kappa shape index (κ3) is 0.936. The fourth-order valence-electron chi connectivity index (χ4n) is 2.97. The Labute approximate surface area is 84.8 Å². The molecule has 3 rings (SSSR count). The molecule has 1 heteroatoms. The van der Waals surface area contributed by atoms with Gasteiger partial charge in [-0.3, -0.25) is 0 Å². The third-order valence-corrected chi connectivity index (χ3v) is 4.07. The Morgan fingerprint density at radius 3 is 2.86 bits per heavy atom. The van der Waals surface area contributed by atoms with Crippen LogP contribution in [0.4, 0.5) is 0 Å². The molecule has 0 heterocycles. The molecule has 1 aromatic carbocycles. The minimum absolute atomic E-state index is 0.344. The Morgan fingerprint density at radius 1 is 1.43 bits per heavy atom. The highest BCUT2D eigenvalue weighted by atomic mass is 16.3. The summed E-state index contributed by atoms with van der Waals surface area (Å²) in [4.78, 5) is 0. The fraction of sp³-hybridized carbons (Fsp3) is 0.538. The van der Waals surface area contributed by atoms with Crippen LogP contribution >= 0.6 is 0 Å². The molecule has 14 heavy (non-hydrogen) atoms. The standard InChI is InChI=1S/C13H16O/c1-2-10-8-13(10,14)12-7-9-5-3-4-6-11(9)12/h3-6,10,12,14H,2,7-8H2,1H3. The number of hydrogen-bond acceptors (Lipinski definition) is 1. The highest BCUT2D eigenvalue weighted by Gasteiger charge is 2.59. The van der Waals surface area contributed by atoms with Crippen LogP contribution in [0.3, 0.4) is 0 Å². The van der Waals surface area contributed by atoms with Gasteiger partial charge in [-0.05, 0) is 29.9 Å². The Bertz CT molecular complexity index is 371. The number of fused-ring (bicyclic) bond motifs is 1. The highest BCUT2D eigenvalue weighted by molar-refractivity contribution is 5.44. The van der Waals surface area contributed by atoms with Crippen LogP contribution in [0.15, 0.2) is 24.3 Å². The summed E-state index contributed by atoms with van der Waals surface area (Å²) >= 11 is 0. The van der Waals surface area contributed by atoms with E-state index in [1.807, 2.05) is 0 Å². The van der Waals surface area contributed by atoms with Gasteiger partial charge in [-0.15, -0.1) is 0 Å². The first-order chi connectivity index (χ1) is 6.75. The summed E-state index contributed by atoms with van der Waals surface area (Å²) in [6.07, 6.45) is 3.22. The van der Waals surface area contributed by atoms with Crippen LogP contribution in [0.1, 0.15) is 36.8 Å². The van der Waals surface area contributed by atoms with Gasteiger partial charge in [0.2, 0.25) is 0 Å². The predicted octanol–water partition coefficient (Wildman–Crippen LogP) is 2.49. The van der Waals surface area contributed by atoms with Gasteiger partial charge < -0.3 is 5.11 Å². The van der Waals surface area contributed by atoms with Crippen molar-refractivity contribution in [3.63, 3.8) is 0 Å². The predicted molar refractivity (Wildman–Crippen MR) is 56.2 cm³/mol. The lowest BCUT2D eigenvalue weighted by molar-refractivity contribution is 0.0892. The molecule has 1 aromatic rings. The molecular weight excluding hydrogens is 172 g/mol. The Balaban J connectivity index is 1.86. The fourth-order valence-corrected chi connectivity index (χ4v) is 2.97. The molecule has 1 fully saturated rings. The van der Waals surface area contributed by atoms with Crippen molar-refractivity contribution >= 4 is 0 Å². The summed E-state index contributed by atoms with van der Waals surface area (Å²) in [6, 6.07) is 8.52. The second kappa shape index (κ2) is 2.60. The smallest absolute Gasteiger partial charge is 0.0751 e. The van der Waals surface area contributed by atoms with Gasteiger partial charge in [-0.1, -0.05) is 37.6 Å². The van der Waals surface area contributed by atoms with E-state index in [0.29, 0.717) is 11.8 Å². The summed E-state index contributed by atoms with van der Waals surface area (Å²) in [5.41, 5.74) is 2.49. The zero-order valence-corrected chi connectivity index (χ0v) is 8.53. The molecule has 2 aliphatic carbocycles. The first kappa shape index (κ1) is 8.49. The van der Waals surface area contributed by atoms with Crippen LogP contribution in [0.5, 0.6) is 0 Å². The van der Waals surface area contributed by atoms with Gasteiger partial charge in [0.15, 0.2) is 0 Å². The van der Waals surface area contributed by atoms with Crippen LogP contribution in [0.2, 0.25) is 0 Å². The number of benzene rings is 1. The molecule has 0 bridgehead atoms. The zero-order chi connectivity index (χ0) is 9.76. The summed E-state index contributed by atoms with van der Waals surface area (Å²) in [7, 11) is 0. The van der Waals surface area contributed by atoms with Crippen molar-refractivity contribution < 1.29 is 5.11 Å². The summed E-state index contributed by atoms with van der Waals surface area (Å²) < 4.78 is 0. The molecule has 0 radical (unpaired) electrons. The molecule has 1 saturated carbocycles. The molecule has 1 nitrogen and oxygen atoms in total. The quantitative estimate of drug-likeness (QED) is 0.756. The Hall–Kier alpha value is -0.820. The minimum Gasteiger partial charge on any atom is -0.389 e. The van der Waals surface area contributed by atoms with E-state index in [0.717, 1.165) is 19.3 Å². The molecule has 0 aliphatic heterocycles. The average molecular weight is 188 g/mol. The van der Waals surface area contributed by atoms with Gasteiger partial charge in [0, 0.05) is 5.92 Å². The van der Waals surface area contributed by atoms with Crippen LogP contribution in [-0.4, -0.2) is 10.7 Å². The van der Waals surface area contributed by atoms with Crippen molar-refractivity contribution in [2.45, 2.75) is 37.7 Å². The lowest BCUT2D eigenvalue weighted by Gasteiger charge is -2.35. The number of rotatable bonds is 2. The van der Waals surface area contributed by atoms with E-state index in [2.05, 4.69) is 31.2 Å². The Kier molecular flexibility index (Phi) is 1.58. The van der Waals surface area contributed by atoms with Crippen molar-refractivity contribution in [1.82, 2.24) is 0 Å². The lowest BCUT2D eigenvalue weighted by atomic mass is 9.72. The maximum Gasteiger partial charge on any atom is 0.0751 e. The lowest BCUT2D eigenvalue weighted by Crippen LogP contribution is -2.32. The minimum atomic E-state index is -0.344. The third-order valence-electron chi connectivity index (χ3n) is 4.07. The topological polar surface area (TPSA) is 20.2 Å². The van der Waals surface area contributed by atoms with Gasteiger partial charge in [0.1, 0.15) is 0 Å². The molecule has 0 amide bonds. The van der Waals surface area contributed by atoms with Crippen molar-refractivity contribution in [3.8, 4) is 0 Å². The van der Waals surface area contributed by atoms with E-state index in [9.17, 15) is 5.11 Å². The van der Waals surface area contributed by atoms with E-state index < -0.39 is 0 Å². The monoisotopic (exact) mass is 188 g/mol. The van der Waals surface area contributed by atoms with Crippen molar-refractivity contribution in [1.29, 1.82) is 0 Å². The molecule has 3 unspecified atom stereocenters. The molecule has 2 aliphatic rings. The Morgan fingerprint density at radius 2 is 2.21 bits per heavy atom. The zero-order valence-electron chi connectivity index (χ0n) is 8.53. The molecular formula is C13H16O. The van der Waals surface area contributed by atoms with Gasteiger partial charge in [0.05, 0.1) is 5.60 Å². The molecule has 1 N–H and O–H groups in total. The molecule has 0 spiro atoms. The first-order valence-electron chi connectivity index (χ1n) is 5.56. The molecule has 0 aromatic heterocycles. The second-order valence-corrected chi connectivity index (χ2v) is 4.76. The van der Waals surface area contributed by atoms with Crippen LogP contribution in [-0.2, 0) is 6.42 Å². The highest BCUT2D eigenvalue weighted by Crippen LogP contribution is 2.59. The summed E-state index contributed by atoms with van der Waals surface area (Å²) in [5.74, 6) is 0.990. The number of hydrogen-bond donors (Lipinski definition) is 1. The normalized spacial score (nSPS) is 38.7. The first-order valence-corrected chi connectivity index (χ1v) is 5.56. The van der Waals surface area contributed by atoms with Gasteiger partial charge >= 0.3 is 0 Å². The number of aliphatic hydroxyl groups is 1. The van der Waals surface area contributed by atoms with Crippen molar-refractivity contribution in [2.75, 3.05) is 0 Å². The maximum absolute atomic E-state index is 10.4. The van der Waals surface area contributed by atoms with E-state index in [-0.39, 0.29) is 5.60 Å². The van der Waals surface area contributed by atoms with Crippen molar-refractivity contribution in [2.24, 2.45) is 5.92 Å². The van der Waals surface area contributed by atoms with Gasteiger partial charge in [-0.2, -0.15) is 0 Å². The SMILES string of the molecule is CCC1CC1(O)C1Cc2ccccc21. The van der Waals surface area contributed by atoms with E-state index in [1.165, 1.54) is 11.1 Å². The van der Waals surface area contributed by atoms with Crippen LogP contribution < -0.4 is 0 Å². The maximum atomic E-state index is 10.4. The van der Waals surface area contributed by atoms with Crippen LogP contribution in [0.25, 0.3) is 0 Å². The van der Waals surface area contributed by atoms with Gasteiger partial charge in [-0.25, -0.2) is 0 Å². The van der Waals surface area contributed by atoms with E-state index >= 15 is 0 Å². The summed E-state index contributed by atoms with van der Waals surface area (Å²) in [5, 5.41) is 10.4. The summed E-state index contributed by atoms with van der Waals surface area (Å²) in [6.45, 7) is 2.17. The second-order valence-electron chi connectivity index (χ2n) is 4.76. The average Bonchev–Trinajstić information content (AvgIpc) is 2.80. The van der Waals surface area contributed by atoms with E-state index in [1.54, 1.807) is 0 Å². The van der Waals surface area contributed by atoms with Crippen LogP contribution in [0, 0.1) is 5.92 Å². The van der Waals surface area contributed by atoms with Crippen molar-refractivity contribution in [3.05, 3.63) is 35.4 Å². The largest absolute Gasteiger partial charge is 0.389 e. The molecule has 3 atom stereocenters.